The molecule has 1 aliphatic rings. The summed E-state index contributed by atoms with van der Waals surface area (Å²) in [4.78, 5) is 27.1. The summed E-state index contributed by atoms with van der Waals surface area (Å²) in [5, 5.41) is 11.6. The van der Waals surface area contributed by atoms with Gasteiger partial charge in [0, 0.05) is 37.1 Å². The molecule has 0 radical (unpaired) electrons. The lowest BCUT2D eigenvalue weighted by Crippen LogP contribution is -2.44. The Labute approximate surface area is 184 Å². The van der Waals surface area contributed by atoms with Gasteiger partial charge in [-0.3, -0.25) is 9.79 Å². The van der Waals surface area contributed by atoms with E-state index in [4.69, 9.17) is 16.9 Å². The fraction of sp³-hybridized carbons (Fsp3) is 0.500. The first kappa shape index (κ1) is 24.0. The molecule has 0 aromatic carbocycles. The number of likely N-dealkylation sites (tertiary alicyclic amines) is 1. The highest BCUT2D eigenvalue weighted by atomic mass is 16.2. The number of carbonyl (C=O) groups is 1. The Morgan fingerprint density at radius 3 is 2.68 bits per heavy atom. The number of carbonyl (C=O) groups excluding carboxylic acids is 1. The first-order valence-electron chi connectivity index (χ1n) is 10.4. The van der Waals surface area contributed by atoms with Crippen molar-refractivity contribution >= 4 is 29.6 Å². The van der Waals surface area contributed by atoms with E-state index in [-0.39, 0.29) is 29.3 Å². The Kier molecular flexibility index (Phi) is 7.90. The zero-order chi connectivity index (χ0) is 23.2. The number of nitrogens with two attached hydrogens (primary N) is 2. The van der Waals surface area contributed by atoms with Gasteiger partial charge in [0.25, 0.3) is 0 Å². The lowest BCUT2D eigenvalue weighted by molar-refractivity contribution is -0.129. The van der Waals surface area contributed by atoms with E-state index in [1.165, 1.54) is 12.3 Å². The molecule has 1 aliphatic heterocycles. The van der Waals surface area contributed by atoms with Gasteiger partial charge in [-0.25, -0.2) is 4.98 Å². The molecule has 1 unspecified atom stereocenters. The zero-order valence-electron chi connectivity index (χ0n) is 18.9. The fourth-order valence-corrected chi connectivity index (χ4v) is 3.49. The average Bonchev–Trinajstić information content (AvgIpc) is 2.69. The normalized spacial score (nSPS) is 17.6. The second kappa shape index (κ2) is 10.2. The highest BCUT2D eigenvalue weighted by molar-refractivity contribution is 6.03. The molecule has 0 saturated carbocycles. The minimum absolute atomic E-state index is 0.0521. The number of allylic oxidation sites excluding steroid dienone is 1. The van der Waals surface area contributed by atoms with Crippen molar-refractivity contribution in [2.75, 3.05) is 17.6 Å². The maximum atomic E-state index is 12.2. The molecule has 2 rings (SSSR count). The fourth-order valence-electron chi connectivity index (χ4n) is 3.49. The van der Waals surface area contributed by atoms with Crippen molar-refractivity contribution in [2.24, 2.45) is 10.7 Å². The molecule has 0 bridgehead atoms. The van der Waals surface area contributed by atoms with E-state index >= 15 is 0 Å². The monoisotopic (exact) mass is 426 g/mol. The summed E-state index contributed by atoms with van der Waals surface area (Å²) in [6.45, 7) is 12.0. The number of nitrogens with zero attached hydrogens (tertiary/aromatic N) is 4. The molecule has 6 N–H and O–H groups in total. The van der Waals surface area contributed by atoms with Crippen molar-refractivity contribution in [3.63, 3.8) is 0 Å². The zero-order valence-corrected chi connectivity index (χ0v) is 18.9. The molecule has 31 heavy (non-hydrogen) atoms. The van der Waals surface area contributed by atoms with Gasteiger partial charge in [0.1, 0.15) is 5.82 Å². The molecule has 1 amide bonds. The van der Waals surface area contributed by atoms with E-state index in [1.807, 2.05) is 20.8 Å². The Bertz CT molecular complexity index is 874. The molecule has 9 heteroatoms. The molecule has 1 saturated heterocycles. The molecule has 1 aromatic rings. The van der Waals surface area contributed by atoms with Gasteiger partial charge >= 0.3 is 0 Å². The molecule has 9 nitrogen and oxygen atoms in total. The topological polar surface area (TPSA) is 146 Å². The molecule has 1 atom stereocenters. The largest absolute Gasteiger partial charge is 0.403 e. The van der Waals surface area contributed by atoms with Crippen molar-refractivity contribution in [1.29, 1.82) is 5.41 Å². The smallest absolute Gasteiger partial charge is 0.246 e. The summed E-state index contributed by atoms with van der Waals surface area (Å²) in [6, 6.07) is -0.0521. The van der Waals surface area contributed by atoms with Crippen LogP contribution in [0.5, 0.6) is 0 Å². The summed E-state index contributed by atoms with van der Waals surface area (Å²) in [5.41, 5.74) is 13.6. The van der Waals surface area contributed by atoms with Gasteiger partial charge in [0.2, 0.25) is 11.9 Å². The predicted octanol–water partition coefficient (Wildman–Crippen LogP) is 2.77. The number of rotatable bonds is 7. The molecular formula is C22H34N8O. The van der Waals surface area contributed by atoms with Crippen LogP contribution in [0.2, 0.25) is 0 Å². The summed E-state index contributed by atoms with van der Waals surface area (Å²) in [6.07, 6.45) is 7.57. The van der Waals surface area contributed by atoms with Gasteiger partial charge in [0.15, 0.2) is 0 Å². The van der Waals surface area contributed by atoms with Gasteiger partial charge in [-0.1, -0.05) is 6.58 Å². The molecule has 0 spiro atoms. The van der Waals surface area contributed by atoms with E-state index in [1.54, 1.807) is 18.0 Å². The molecule has 1 aromatic heterocycles. The first-order chi connectivity index (χ1) is 14.6. The van der Waals surface area contributed by atoms with E-state index in [2.05, 4.69) is 26.9 Å². The Morgan fingerprint density at radius 1 is 1.39 bits per heavy atom. The van der Waals surface area contributed by atoms with Crippen molar-refractivity contribution in [3.8, 4) is 0 Å². The van der Waals surface area contributed by atoms with Crippen LogP contribution in [0.25, 0.3) is 0 Å². The number of hydrogen-bond donors (Lipinski definition) is 4. The van der Waals surface area contributed by atoms with Crippen LogP contribution in [0.1, 0.15) is 57.7 Å². The molecule has 2 heterocycles. The standard InChI is InChI=1S/C22H34N8O/c1-6-18(31)30-10-8-7-9-16(30)11-17(24)19-14(2)27-21(29-20(19)25)28-15(12-23)13-26-22(3,4)5/h6,12-13,16,24H,1,7-11,23H2,2-5H3,(H3,25,27,28,29). The second-order valence-corrected chi connectivity index (χ2v) is 8.64. The lowest BCUT2D eigenvalue weighted by atomic mass is 9.94. The van der Waals surface area contributed by atoms with Crippen LogP contribution in [-0.2, 0) is 4.79 Å². The number of hydrogen-bond acceptors (Lipinski definition) is 8. The highest BCUT2D eigenvalue weighted by Gasteiger charge is 2.27. The number of aryl methyl sites for hydroxylation is 1. The summed E-state index contributed by atoms with van der Waals surface area (Å²) < 4.78 is 0. The van der Waals surface area contributed by atoms with Crippen LogP contribution in [-0.4, -0.2) is 50.8 Å². The Morgan fingerprint density at radius 2 is 2.10 bits per heavy atom. The number of amides is 1. The van der Waals surface area contributed by atoms with Crippen molar-refractivity contribution in [1.82, 2.24) is 14.9 Å². The molecular weight excluding hydrogens is 392 g/mol. The number of aliphatic imine (C=N–C) groups is 1. The summed E-state index contributed by atoms with van der Waals surface area (Å²) in [5.74, 6) is 0.391. The average molecular weight is 427 g/mol. The lowest BCUT2D eigenvalue weighted by Gasteiger charge is -2.35. The van der Waals surface area contributed by atoms with Crippen LogP contribution < -0.4 is 16.8 Å². The van der Waals surface area contributed by atoms with E-state index in [0.717, 1.165) is 19.3 Å². The second-order valence-electron chi connectivity index (χ2n) is 8.64. The number of aromatic nitrogens is 2. The van der Waals surface area contributed by atoms with Crippen LogP contribution in [0.3, 0.4) is 0 Å². The van der Waals surface area contributed by atoms with Crippen molar-refractivity contribution in [3.05, 3.63) is 35.8 Å². The SMILES string of the molecule is C=CC(=O)N1CCCCC1CC(=N)c1c(C)nc(NC(C=NC(C)(C)C)=CN)nc1N. The van der Waals surface area contributed by atoms with Crippen LogP contribution in [0.4, 0.5) is 11.8 Å². The van der Waals surface area contributed by atoms with Crippen LogP contribution in [0.15, 0.2) is 29.5 Å². The van der Waals surface area contributed by atoms with Crippen molar-refractivity contribution in [2.45, 2.75) is 65.0 Å². The van der Waals surface area contributed by atoms with E-state index in [9.17, 15) is 4.79 Å². The number of piperidine rings is 1. The summed E-state index contributed by atoms with van der Waals surface area (Å²) >= 11 is 0. The van der Waals surface area contributed by atoms with E-state index < -0.39 is 0 Å². The molecule has 1 fully saturated rings. The highest BCUT2D eigenvalue weighted by Crippen LogP contribution is 2.24. The van der Waals surface area contributed by atoms with Gasteiger partial charge in [-0.2, -0.15) is 4.98 Å². The van der Waals surface area contributed by atoms with Gasteiger partial charge in [-0.15, -0.1) is 0 Å². The minimum atomic E-state index is -0.245. The molecule has 168 valence electrons. The Hall–Kier alpha value is -3.23. The van der Waals surface area contributed by atoms with E-state index in [0.29, 0.717) is 35.6 Å². The first-order valence-corrected chi connectivity index (χ1v) is 10.4. The van der Waals surface area contributed by atoms with Gasteiger partial charge in [0.05, 0.1) is 22.5 Å². The third-order valence-corrected chi connectivity index (χ3v) is 4.97. The maximum absolute atomic E-state index is 12.2. The van der Waals surface area contributed by atoms with Crippen LogP contribution in [0, 0.1) is 12.3 Å². The number of nitrogen functional groups attached to an aromatic ring is 1. The molecule has 0 aliphatic carbocycles. The summed E-state index contributed by atoms with van der Waals surface area (Å²) in [7, 11) is 0. The Balaban J connectivity index is 2.19. The van der Waals surface area contributed by atoms with Crippen molar-refractivity contribution < 1.29 is 4.79 Å². The minimum Gasteiger partial charge on any atom is -0.403 e. The third kappa shape index (κ3) is 6.63. The third-order valence-electron chi connectivity index (χ3n) is 4.97. The quantitative estimate of drug-likeness (QED) is 0.389. The number of nitrogens with one attached hydrogen (secondary N) is 2. The van der Waals surface area contributed by atoms with Crippen LogP contribution >= 0.6 is 0 Å². The number of anilines is 2. The van der Waals surface area contributed by atoms with Gasteiger partial charge in [-0.05, 0) is 53.0 Å². The predicted molar refractivity (Wildman–Crippen MR) is 126 cm³/mol. The van der Waals surface area contributed by atoms with Gasteiger partial charge < -0.3 is 27.1 Å². The maximum Gasteiger partial charge on any atom is 0.246 e.